The second kappa shape index (κ2) is 9.32. The van der Waals surface area contributed by atoms with E-state index in [-0.39, 0.29) is 30.5 Å². The highest BCUT2D eigenvalue weighted by atomic mass is 19.1. The molecular formula is C24H25FN4O4. The van der Waals surface area contributed by atoms with Gasteiger partial charge in [0.25, 0.3) is 0 Å². The Bertz CT molecular complexity index is 1190. The molecule has 0 radical (unpaired) electrons. The predicted octanol–water partition coefficient (Wildman–Crippen LogP) is 3.39. The summed E-state index contributed by atoms with van der Waals surface area (Å²) in [5.41, 5.74) is 1.78. The van der Waals surface area contributed by atoms with E-state index in [1.807, 2.05) is 12.1 Å². The van der Waals surface area contributed by atoms with E-state index >= 15 is 0 Å². The monoisotopic (exact) mass is 452 g/mol. The number of benzene rings is 2. The van der Waals surface area contributed by atoms with Crippen molar-refractivity contribution >= 4 is 23.3 Å². The molecule has 33 heavy (non-hydrogen) atoms. The number of halogens is 1. The van der Waals surface area contributed by atoms with Crippen molar-refractivity contribution < 1.29 is 23.5 Å². The van der Waals surface area contributed by atoms with E-state index < -0.39 is 11.7 Å². The van der Waals surface area contributed by atoms with Crippen molar-refractivity contribution in [1.29, 1.82) is 0 Å². The van der Waals surface area contributed by atoms with Gasteiger partial charge >= 0.3 is 0 Å². The molecule has 2 amide bonds. The number of rotatable bonds is 7. The molecule has 1 atom stereocenters. The smallest absolute Gasteiger partial charge is 0.230 e. The first-order valence-corrected chi connectivity index (χ1v) is 10.5. The van der Waals surface area contributed by atoms with Crippen LogP contribution in [-0.4, -0.2) is 42.4 Å². The van der Waals surface area contributed by atoms with Crippen molar-refractivity contribution in [3.05, 3.63) is 65.6 Å². The van der Waals surface area contributed by atoms with Crippen LogP contribution in [0.1, 0.15) is 17.5 Å². The van der Waals surface area contributed by atoms with E-state index in [1.54, 1.807) is 56.3 Å². The van der Waals surface area contributed by atoms with Crippen molar-refractivity contribution in [3.8, 4) is 11.5 Å². The van der Waals surface area contributed by atoms with E-state index in [0.717, 1.165) is 11.1 Å². The van der Waals surface area contributed by atoms with Gasteiger partial charge in [0.1, 0.15) is 11.6 Å². The molecule has 2 heterocycles. The molecule has 1 N–H and O–H groups in total. The quantitative estimate of drug-likeness (QED) is 0.594. The SMILES string of the molecule is COc1cccc(Cn2nccc2NC(=O)C2CC(=O)N(c3ccc(C)cc3F)C2)c1OC. The molecule has 1 unspecified atom stereocenters. The number of hydrogen-bond acceptors (Lipinski definition) is 5. The maximum absolute atomic E-state index is 14.4. The molecule has 4 rings (SSSR count). The Morgan fingerprint density at radius 1 is 1.21 bits per heavy atom. The van der Waals surface area contributed by atoms with Crippen molar-refractivity contribution in [2.45, 2.75) is 19.9 Å². The summed E-state index contributed by atoms with van der Waals surface area (Å²) < 4.78 is 26.8. The summed E-state index contributed by atoms with van der Waals surface area (Å²) in [5.74, 6) is -0.0178. The number of carbonyl (C=O) groups excluding carboxylic acids is 2. The second-order valence-electron chi connectivity index (χ2n) is 7.88. The van der Waals surface area contributed by atoms with E-state index in [1.165, 1.54) is 11.0 Å². The number of ether oxygens (including phenoxy) is 2. The minimum atomic E-state index is -0.604. The number of aryl methyl sites for hydroxylation is 1. The normalized spacial score (nSPS) is 15.6. The fourth-order valence-corrected chi connectivity index (χ4v) is 3.98. The van der Waals surface area contributed by atoms with Gasteiger partial charge in [-0.3, -0.25) is 9.59 Å². The molecule has 1 saturated heterocycles. The third-order valence-corrected chi connectivity index (χ3v) is 5.66. The largest absolute Gasteiger partial charge is 0.493 e. The zero-order valence-corrected chi connectivity index (χ0v) is 18.7. The van der Waals surface area contributed by atoms with Crippen LogP contribution >= 0.6 is 0 Å². The second-order valence-corrected chi connectivity index (χ2v) is 7.88. The molecule has 0 aliphatic carbocycles. The van der Waals surface area contributed by atoms with Crippen LogP contribution in [0.5, 0.6) is 11.5 Å². The Labute approximate surface area is 190 Å². The lowest BCUT2D eigenvalue weighted by Crippen LogP contribution is -2.29. The summed E-state index contributed by atoms with van der Waals surface area (Å²) in [5, 5.41) is 7.15. The molecule has 0 spiro atoms. The number of para-hydroxylation sites is 1. The number of carbonyl (C=O) groups is 2. The van der Waals surface area contributed by atoms with E-state index in [9.17, 15) is 14.0 Å². The maximum Gasteiger partial charge on any atom is 0.230 e. The molecule has 172 valence electrons. The zero-order chi connectivity index (χ0) is 23.5. The summed E-state index contributed by atoms with van der Waals surface area (Å²) in [6.45, 7) is 2.23. The topological polar surface area (TPSA) is 85.7 Å². The Morgan fingerprint density at radius 2 is 2.03 bits per heavy atom. The molecule has 0 bridgehead atoms. The summed E-state index contributed by atoms with van der Waals surface area (Å²) in [6, 6.07) is 11.9. The fraction of sp³-hybridized carbons (Fsp3) is 0.292. The van der Waals surface area contributed by atoms with Crippen molar-refractivity contribution in [3.63, 3.8) is 0 Å². The van der Waals surface area contributed by atoms with Crippen LogP contribution in [0.3, 0.4) is 0 Å². The predicted molar refractivity (Wildman–Crippen MR) is 121 cm³/mol. The van der Waals surface area contributed by atoms with Gasteiger partial charge in [-0.25, -0.2) is 9.07 Å². The number of aromatic nitrogens is 2. The highest BCUT2D eigenvalue weighted by molar-refractivity contribution is 6.03. The van der Waals surface area contributed by atoms with Crippen molar-refractivity contribution in [2.24, 2.45) is 5.92 Å². The van der Waals surface area contributed by atoms with Crippen LogP contribution < -0.4 is 19.7 Å². The molecule has 8 nitrogen and oxygen atoms in total. The summed E-state index contributed by atoms with van der Waals surface area (Å²) in [4.78, 5) is 26.8. The first-order chi connectivity index (χ1) is 15.9. The zero-order valence-electron chi connectivity index (χ0n) is 18.7. The molecule has 1 aliphatic rings. The Morgan fingerprint density at radius 3 is 2.76 bits per heavy atom. The number of methoxy groups -OCH3 is 2. The van der Waals surface area contributed by atoms with E-state index in [4.69, 9.17) is 9.47 Å². The van der Waals surface area contributed by atoms with Crippen LogP contribution in [0, 0.1) is 18.7 Å². The average molecular weight is 452 g/mol. The number of anilines is 2. The standard InChI is InChI=1S/C24H25FN4O4/c1-15-7-8-19(18(25)11-15)28-13-17(12-22(28)30)24(31)27-21-9-10-26-29(21)14-16-5-4-6-20(32-2)23(16)33-3/h4-11,17H,12-14H2,1-3H3,(H,27,31). The fourth-order valence-electron chi connectivity index (χ4n) is 3.98. The van der Waals surface area contributed by atoms with Gasteiger partial charge in [0.05, 0.1) is 38.6 Å². The summed E-state index contributed by atoms with van der Waals surface area (Å²) >= 11 is 0. The highest BCUT2D eigenvalue weighted by Crippen LogP contribution is 2.32. The van der Waals surface area contributed by atoms with Crippen LogP contribution in [-0.2, 0) is 16.1 Å². The van der Waals surface area contributed by atoms with Crippen LogP contribution in [0.15, 0.2) is 48.7 Å². The van der Waals surface area contributed by atoms with Gasteiger partial charge in [-0.05, 0) is 30.7 Å². The number of hydrogen-bond donors (Lipinski definition) is 1. The minimum absolute atomic E-state index is 0.0109. The Kier molecular flexibility index (Phi) is 6.30. The first kappa shape index (κ1) is 22.3. The number of amides is 2. The lowest BCUT2D eigenvalue weighted by atomic mass is 10.1. The molecule has 1 aromatic heterocycles. The maximum atomic E-state index is 14.4. The molecule has 0 saturated carbocycles. The minimum Gasteiger partial charge on any atom is -0.493 e. The van der Waals surface area contributed by atoms with E-state index in [2.05, 4.69) is 10.4 Å². The Hall–Kier alpha value is -3.88. The van der Waals surface area contributed by atoms with Gasteiger partial charge in [0, 0.05) is 24.6 Å². The van der Waals surface area contributed by atoms with E-state index in [0.29, 0.717) is 23.9 Å². The van der Waals surface area contributed by atoms with Gasteiger partial charge in [-0.2, -0.15) is 5.10 Å². The van der Waals surface area contributed by atoms with Gasteiger partial charge in [-0.1, -0.05) is 18.2 Å². The lowest BCUT2D eigenvalue weighted by Gasteiger charge is -2.18. The van der Waals surface area contributed by atoms with Crippen LogP contribution in [0.4, 0.5) is 15.9 Å². The molecule has 1 fully saturated rings. The summed E-state index contributed by atoms with van der Waals surface area (Å²) in [7, 11) is 3.13. The van der Waals surface area contributed by atoms with Gasteiger partial charge in [0.2, 0.25) is 11.8 Å². The first-order valence-electron chi connectivity index (χ1n) is 10.5. The third-order valence-electron chi connectivity index (χ3n) is 5.66. The Balaban J connectivity index is 1.48. The number of nitrogens with zero attached hydrogens (tertiary/aromatic N) is 3. The highest BCUT2D eigenvalue weighted by Gasteiger charge is 2.36. The molecule has 1 aliphatic heterocycles. The van der Waals surface area contributed by atoms with Crippen molar-refractivity contribution in [2.75, 3.05) is 31.0 Å². The molecular weight excluding hydrogens is 427 g/mol. The third kappa shape index (κ3) is 4.52. The van der Waals surface area contributed by atoms with Crippen molar-refractivity contribution in [1.82, 2.24) is 9.78 Å². The summed E-state index contributed by atoms with van der Waals surface area (Å²) in [6.07, 6.45) is 1.59. The molecule has 9 heteroatoms. The van der Waals surface area contributed by atoms with Gasteiger partial charge < -0.3 is 19.7 Å². The van der Waals surface area contributed by atoms with Gasteiger partial charge in [0.15, 0.2) is 11.5 Å². The average Bonchev–Trinajstić information content (AvgIpc) is 3.39. The molecule has 2 aromatic carbocycles. The van der Waals surface area contributed by atoms with Crippen LogP contribution in [0.25, 0.3) is 0 Å². The van der Waals surface area contributed by atoms with Crippen LogP contribution in [0.2, 0.25) is 0 Å². The molecule has 3 aromatic rings. The lowest BCUT2D eigenvalue weighted by molar-refractivity contribution is -0.122. The van der Waals surface area contributed by atoms with Gasteiger partial charge in [-0.15, -0.1) is 0 Å². The number of nitrogens with one attached hydrogen (secondary N) is 1.